The van der Waals surface area contributed by atoms with E-state index >= 15 is 0 Å². The van der Waals surface area contributed by atoms with Crippen molar-refractivity contribution in [2.24, 2.45) is 0 Å². The number of nitrogens with one attached hydrogen (secondary N) is 1. The topological polar surface area (TPSA) is 45.8 Å². The highest BCUT2D eigenvalue weighted by Crippen LogP contribution is 2.11. The Morgan fingerprint density at radius 2 is 2.27 bits per heavy atom. The molecule has 1 N–H and O–H groups in total. The number of rotatable bonds is 3. The van der Waals surface area contributed by atoms with Crippen LogP contribution >= 0.6 is 0 Å². The minimum Gasteiger partial charge on any atom is -0.313 e. The number of fused-ring (bicyclic) bond motifs is 1. The van der Waals surface area contributed by atoms with Crippen molar-refractivity contribution in [2.75, 3.05) is 0 Å². The summed E-state index contributed by atoms with van der Waals surface area (Å²) in [5, 5.41) is 0.686. The van der Waals surface area contributed by atoms with Crippen LogP contribution in [0, 0.1) is 0 Å². The SMILES string of the molecule is CCCCc1ccc2nc[nH]c(=O)c2c1. The van der Waals surface area contributed by atoms with E-state index in [1.807, 2.05) is 18.2 Å². The number of hydrogen-bond donors (Lipinski definition) is 1. The molecule has 0 radical (unpaired) electrons. The van der Waals surface area contributed by atoms with Gasteiger partial charge in [-0.2, -0.15) is 0 Å². The molecule has 0 saturated heterocycles. The van der Waals surface area contributed by atoms with Crippen molar-refractivity contribution >= 4 is 10.9 Å². The van der Waals surface area contributed by atoms with Crippen LogP contribution in [0.3, 0.4) is 0 Å². The highest BCUT2D eigenvalue weighted by molar-refractivity contribution is 5.77. The molecule has 0 unspecified atom stereocenters. The van der Waals surface area contributed by atoms with E-state index < -0.39 is 0 Å². The maximum absolute atomic E-state index is 11.5. The summed E-state index contributed by atoms with van der Waals surface area (Å²) in [6, 6.07) is 5.90. The molecule has 3 heteroatoms. The van der Waals surface area contributed by atoms with Gasteiger partial charge in [0.25, 0.3) is 5.56 Å². The molecule has 0 saturated carbocycles. The van der Waals surface area contributed by atoms with Crippen molar-refractivity contribution in [3.05, 3.63) is 40.4 Å². The Hall–Kier alpha value is -1.64. The molecular formula is C12H14N2O. The number of H-pyrrole nitrogens is 1. The molecule has 0 spiro atoms. The quantitative estimate of drug-likeness (QED) is 0.829. The van der Waals surface area contributed by atoms with Crippen LogP contribution in [-0.4, -0.2) is 9.97 Å². The predicted octanol–water partition coefficient (Wildman–Crippen LogP) is 2.27. The molecule has 0 aliphatic rings. The van der Waals surface area contributed by atoms with Crippen molar-refractivity contribution in [2.45, 2.75) is 26.2 Å². The van der Waals surface area contributed by atoms with E-state index in [0.717, 1.165) is 18.4 Å². The van der Waals surface area contributed by atoms with Crippen LogP contribution in [0.1, 0.15) is 25.3 Å². The lowest BCUT2D eigenvalue weighted by Gasteiger charge is -2.01. The number of aromatic amines is 1. The Morgan fingerprint density at radius 1 is 1.40 bits per heavy atom. The first-order chi connectivity index (χ1) is 7.31. The number of aromatic nitrogens is 2. The average Bonchev–Trinajstić information content (AvgIpc) is 2.27. The molecule has 15 heavy (non-hydrogen) atoms. The first-order valence-electron chi connectivity index (χ1n) is 5.27. The largest absolute Gasteiger partial charge is 0.313 e. The lowest BCUT2D eigenvalue weighted by Crippen LogP contribution is -2.06. The summed E-state index contributed by atoms with van der Waals surface area (Å²) in [6.07, 6.45) is 4.79. The maximum Gasteiger partial charge on any atom is 0.258 e. The van der Waals surface area contributed by atoms with Gasteiger partial charge in [-0.1, -0.05) is 19.4 Å². The van der Waals surface area contributed by atoms with Crippen molar-refractivity contribution in [1.82, 2.24) is 9.97 Å². The van der Waals surface area contributed by atoms with Crippen molar-refractivity contribution in [1.29, 1.82) is 0 Å². The van der Waals surface area contributed by atoms with Crippen LogP contribution < -0.4 is 5.56 Å². The smallest absolute Gasteiger partial charge is 0.258 e. The number of aryl methyl sites for hydroxylation is 1. The standard InChI is InChI=1S/C12H14N2O/c1-2-3-4-9-5-6-11-10(7-9)12(15)14-8-13-11/h5-8H,2-4H2,1H3,(H,13,14,15). The number of unbranched alkanes of at least 4 members (excludes halogenated alkanes) is 1. The second-order valence-corrected chi connectivity index (χ2v) is 3.69. The van der Waals surface area contributed by atoms with Gasteiger partial charge in [0.2, 0.25) is 0 Å². The van der Waals surface area contributed by atoms with Gasteiger partial charge in [-0.05, 0) is 30.5 Å². The molecule has 0 aliphatic heterocycles. The number of nitrogens with zero attached hydrogens (tertiary/aromatic N) is 1. The summed E-state index contributed by atoms with van der Waals surface area (Å²) in [6.45, 7) is 2.16. The fourth-order valence-corrected chi connectivity index (χ4v) is 1.65. The fourth-order valence-electron chi connectivity index (χ4n) is 1.65. The lowest BCUT2D eigenvalue weighted by atomic mass is 10.1. The van der Waals surface area contributed by atoms with Crippen molar-refractivity contribution in [3.8, 4) is 0 Å². The molecule has 1 aromatic heterocycles. The van der Waals surface area contributed by atoms with Gasteiger partial charge in [-0.3, -0.25) is 4.79 Å². The maximum atomic E-state index is 11.5. The van der Waals surface area contributed by atoms with Gasteiger partial charge in [-0.25, -0.2) is 4.98 Å². The normalized spacial score (nSPS) is 10.7. The second kappa shape index (κ2) is 4.26. The summed E-state index contributed by atoms with van der Waals surface area (Å²) < 4.78 is 0. The van der Waals surface area contributed by atoms with Gasteiger partial charge in [0, 0.05) is 0 Å². The summed E-state index contributed by atoms with van der Waals surface area (Å²) in [7, 11) is 0. The third-order valence-corrected chi connectivity index (χ3v) is 2.52. The van der Waals surface area contributed by atoms with E-state index in [1.54, 1.807) is 0 Å². The first kappa shape index (κ1) is 9.90. The Morgan fingerprint density at radius 3 is 3.07 bits per heavy atom. The summed E-state index contributed by atoms with van der Waals surface area (Å²) in [4.78, 5) is 18.2. The lowest BCUT2D eigenvalue weighted by molar-refractivity contribution is 0.796. The molecule has 2 rings (SSSR count). The van der Waals surface area contributed by atoms with Crippen molar-refractivity contribution < 1.29 is 0 Å². The summed E-state index contributed by atoms with van der Waals surface area (Å²) >= 11 is 0. The Labute approximate surface area is 88.2 Å². The second-order valence-electron chi connectivity index (χ2n) is 3.69. The van der Waals surface area contributed by atoms with Crippen LogP contribution in [-0.2, 0) is 6.42 Å². The molecule has 2 aromatic rings. The van der Waals surface area contributed by atoms with Crippen molar-refractivity contribution in [3.63, 3.8) is 0 Å². The van der Waals surface area contributed by atoms with Gasteiger partial charge in [0.1, 0.15) is 0 Å². The van der Waals surface area contributed by atoms with Crippen LogP contribution in [0.2, 0.25) is 0 Å². The van der Waals surface area contributed by atoms with E-state index in [0.29, 0.717) is 5.39 Å². The third kappa shape index (κ3) is 2.06. The molecule has 0 fully saturated rings. The summed E-state index contributed by atoms with van der Waals surface area (Å²) in [5.41, 5.74) is 1.92. The molecule has 78 valence electrons. The van der Waals surface area contributed by atoms with Gasteiger partial charge in [0.15, 0.2) is 0 Å². The minimum absolute atomic E-state index is 0.0571. The molecule has 0 aliphatic carbocycles. The molecule has 0 atom stereocenters. The third-order valence-electron chi connectivity index (χ3n) is 2.52. The molecular weight excluding hydrogens is 188 g/mol. The molecule has 3 nitrogen and oxygen atoms in total. The molecule has 1 heterocycles. The van der Waals surface area contributed by atoms with Gasteiger partial charge in [0.05, 0.1) is 17.2 Å². The summed E-state index contributed by atoms with van der Waals surface area (Å²) in [5.74, 6) is 0. The highest BCUT2D eigenvalue weighted by Gasteiger charge is 2.00. The van der Waals surface area contributed by atoms with Crippen LogP contribution in [0.15, 0.2) is 29.3 Å². The number of hydrogen-bond acceptors (Lipinski definition) is 2. The van der Waals surface area contributed by atoms with Crippen LogP contribution in [0.25, 0.3) is 10.9 Å². The zero-order valence-electron chi connectivity index (χ0n) is 8.79. The van der Waals surface area contributed by atoms with Gasteiger partial charge < -0.3 is 4.98 Å². The van der Waals surface area contributed by atoms with E-state index in [9.17, 15) is 4.79 Å². The van der Waals surface area contributed by atoms with Crippen LogP contribution in [0.4, 0.5) is 0 Å². The average molecular weight is 202 g/mol. The monoisotopic (exact) mass is 202 g/mol. The molecule has 0 bridgehead atoms. The zero-order chi connectivity index (χ0) is 10.7. The minimum atomic E-state index is -0.0571. The zero-order valence-corrected chi connectivity index (χ0v) is 8.79. The predicted molar refractivity (Wildman–Crippen MR) is 61.0 cm³/mol. The number of benzene rings is 1. The van der Waals surface area contributed by atoms with E-state index in [4.69, 9.17) is 0 Å². The van der Waals surface area contributed by atoms with E-state index in [-0.39, 0.29) is 5.56 Å². The van der Waals surface area contributed by atoms with E-state index in [1.165, 1.54) is 18.3 Å². The first-order valence-corrected chi connectivity index (χ1v) is 5.27. The van der Waals surface area contributed by atoms with Gasteiger partial charge in [-0.15, -0.1) is 0 Å². The molecule has 1 aromatic carbocycles. The Kier molecular flexibility index (Phi) is 2.81. The van der Waals surface area contributed by atoms with E-state index in [2.05, 4.69) is 16.9 Å². The van der Waals surface area contributed by atoms with Gasteiger partial charge >= 0.3 is 0 Å². The Bertz CT molecular complexity index is 516. The Balaban J connectivity index is 2.45. The fraction of sp³-hybridized carbons (Fsp3) is 0.333. The molecule has 0 amide bonds. The van der Waals surface area contributed by atoms with Crippen LogP contribution in [0.5, 0.6) is 0 Å². The highest BCUT2D eigenvalue weighted by atomic mass is 16.1.